The van der Waals surface area contributed by atoms with Crippen molar-refractivity contribution in [2.24, 2.45) is 7.05 Å². The molecule has 0 spiro atoms. The minimum Gasteiger partial charge on any atom is -0.368 e. The summed E-state index contributed by atoms with van der Waals surface area (Å²) in [5.41, 5.74) is 3.05. The summed E-state index contributed by atoms with van der Waals surface area (Å²) < 4.78 is 1.90. The van der Waals surface area contributed by atoms with Crippen LogP contribution in [0.25, 0.3) is 10.9 Å². The lowest BCUT2D eigenvalue weighted by Gasteiger charge is -2.32. The molecular weight excluding hydrogens is 368 g/mol. The highest BCUT2D eigenvalue weighted by Gasteiger charge is 2.33. The van der Waals surface area contributed by atoms with E-state index < -0.39 is 0 Å². The number of carbonyl (C=O) groups is 2. The lowest BCUT2D eigenvalue weighted by atomic mass is 9.92. The number of fused-ring (bicyclic) bond motifs is 1. The summed E-state index contributed by atoms with van der Waals surface area (Å²) in [6.45, 7) is 6.44. The second-order valence-electron chi connectivity index (χ2n) is 8.36. The van der Waals surface area contributed by atoms with Crippen molar-refractivity contribution in [3.63, 3.8) is 0 Å². The monoisotopic (exact) mass is 396 g/mol. The molecule has 2 atom stereocenters. The molecule has 2 N–H and O–H groups in total. The van der Waals surface area contributed by atoms with Crippen LogP contribution in [0.5, 0.6) is 0 Å². The summed E-state index contributed by atoms with van der Waals surface area (Å²) in [6.07, 6.45) is 2.07. The van der Waals surface area contributed by atoms with Crippen molar-refractivity contribution in [3.05, 3.63) is 23.9 Å². The van der Waals surface area contributed by atoms with E-state index in [2.05, 4.69) is 38.6 Å². The van der Waals surface area contributed by atoms with Crippen molar-refractivity contribution in [1.82, 2.24) is 25.3 Å². The van der Waals surface area contributed by atoms with E-state index in [1.54, 1.807) is 0 Å². The zero-order valence-corrected chi connectivity index (χ0v) is 16.9. The minimum atomic E-state index is -0.362. The Morgan fingerprint density at radius 1 is 1.10 bits per heavy atom. The van der Waals surface area contributed by atoms with Gasteiger partial charge in [-0.1, -0.05) is 12.1 Å². The van der Waals surface area contributed by atoms with Crippen molar-refractivity contribution in [2.75, 3.05) is 44.2 Å². The number of aryl methyl sites for hydroxylation is 1. The van der Waals surface area contributed by atoms with E-state index in [0.29, 0.717) is 18.9 Å². The fourth-order valence-corrected chi connectivity index (χ4v) is 5.12. The number of nitrogens with zero attached hydrogens (tertiary/aromatic N) is 4. The molecule has 0 bridgehead atoms. The van der Waals surface area contributed by atoms with Crippen LogP contribution >= 0.6 is 0 Å². The Bertz CT molecular complexity index is 948. The van der Waals surface area contributed by atoms with Gasteiger partial charge in [0, 0.05) is 64.2 Å². The zero-order chi connectivity index (χ0) is 20.0. The van der Waals surface area contributed by atoms with E-state index in [-0.39, 0.29) is 17.7 Å². The SMILES string of the molecule is Cn1nc(C2CCC(=O)NC2=O)c2cccc(N3CCC(N4CCNCC4)C3)c21. The number of para-hydroxylation sites is 1. The number of nitrogens with one attached hydrogen (secondary N) is 2. The Morgan fingerprint density at radius 3 is 2.72 bits per heavy atom. The Balaban J connectivity index is 1.44. The smallest absolute Gasteiger partial charge is 0.235 e. The normalized spacial score (nSPS) is 26.3. The quantitative estimate of drug-likeness (QED) is 0.739. The van der Waals surface area contributed by atoms with Gasteiger partial charge in [-0.15, -0.1) is 0 Å². The number of hydrogen-bond acceptors (Lipinski definition) is 6. The van der Waals surface area contributed by atoms with Gasteiger partial charge in [-0.25, -0.2) is 0 Å². The molecule has 0 radical (unpaired) electrons. The first-order valence-corrected chi connectivity index (χ1v) is 10.6. The average Bonchev–Trinajstić information content (AvgIpc) is 3.34. The molecule has 4 heterocycles. The van der Waals surface area contributed by atoms with Gasteiger partial charge in [-0.3, -0.25) is 24.5 Å². The molecule has 0 aliphatic carbocycles. The molecule has 2 unspecified atom stereocenters. The van der Waals surface area contributed by atoms with Crippen molar-refractivity contribution in [1.29, 1.82) is 0 Å². The summed E-state index contributed by atoms with van der Waals surface area (Å²) in [4.78, 5) is 29.0. The number of carbonyl (C=O) groups excluding carboxylic acids is 2. The molecule has 8 nitrogen and oxygen atoms in total. The maximum atomic E-state index is 12.4. The largest absolute Gasteiger partial charge is 0.368 e. The number of benzene rings is 1. The molecule has 3 aliphatic rings. The molecular formula is C21H28N6O2. The Labute approximate surface area is 170 Å². The standard InChI is InChI=1S/C21H28N6O2/c1-25-20-15(19(24-25)16-5-6-18(28)23-21(16)29)3-2-4-17(20)27-10-7-14(13-27)26-11-8-22-9-12-26/h2-4,14,16,22H,5-13H2,1H3,(H,23,28,29). The fraction of sp³-hybridized carbons (Fsp3) is 0.571. The molecule has 3 aliphatic heterocycles. The molecule has 0 saturated carbocycles. The topological polar surface area (TPSA) is 82.5 Å². The van der Waals surface area contributed by atoms with E-state index in [9.17, 15) is 9.59 Å². The van der Waals surface area contributed by atoms with Gasteiger partial charge < -0.3 is 10.2 Å². The van der Waals surface area contributed by atoms with Gasteiger partial charge in [0.25, 0.3) is 0 Å². The highest BCUT2D eigenvalue weighted by Crippen LogP contribution is 2.36. The first kappa shape index (κ1) is 18.6. The second kappa shape index (κ2) is 7.42. The first-order chi connectivity index (χ1) is 14.1. The summed E-state index contributed by atoms with van der Waals surface area (Å²) in [5, 5.41) is 11.6. The van der Waals surface area contributed by atoms with Gasteiger partial charge in [0.1, 0.15) is 0 Å². The molecule has 8 heteroatoms. The average molecular weight is 396 g/mol. The molecule has 2 aromatic rings. The predicted octanol–water partition coefficient (Wildman–Crippen LogP) is 0.577. The van der Waals surface area contributed by atoms with Gasteiger partial charge in [0.15, 0.2) is 0 Å². The maximum absolute atomic E-state index is 12.4. The predicted molar refractivity (Wildman–Crippen MR) is 111 cm³/mol. The van der Waals surface area contributed by atoms with Crippen LogP contribution in [0.1, 0.15) is 30.9 Å². The molecule has 154 valence electrons. The van der Waals surface area contributed by atoms with Gasteiger partial charge >= 0.3 is 0 Å². The molecule has 29 heavy (non-hydrogen) atoms. The number of hydrogen-bond donors (Lipinski definition) is 2. The summed E-state index contributed by atoms with van der Waals surface area (Å²) in [6, 6.07) is 6.87. The van der Waals surface area contributed by atoms with E-state index in [1.165, 1.54) is 12.1 Å². The zero-order valence-electron chi connectivity index (χ0n) is 16.9. The van der Waals surface area contributed by atoms with E-state index in [4.69, 9.17) is 5.10 Å². The van der Waals surface area contributed by atoms with Crippen molar-refractivity contribution < 1.29 is 9.59 Å². The Hall–Kier alpha value is -2.45. The third-order valence-corrected chi connectivity index (χ3v) is 6.61. The van der Waals surface area contributed by atoms with Gasteiger partial charge in [-0.05, 0) is 18.9 Å². The fourth-order valence-electron chi connectivity index (χ4n) is 5.12. The number of piperidine rings is 1. The number of aromatic nitrogens is 2. The van der Waals surface area contributed by atoms with Gasteiger partial charge in [0.2, 0.25) is 11.8 Å². The van der Waals surface area contributed by atoms with E-state index in [0.717, 1.165) is 55.9 Å². The van der Waals surface area contributed by atoms with E-state index in [1.807, 2.05) is 11.7 Å². The highest BCUT2D eigenvalue weighted by atomic mass is 16.2. The number of piperazine rings is 1. The third kappa shape index (κ3) is 3.30. The van der Waals surface area contributed by atoms with Crippen LogP contribution in [-0.2, 0) is 16.6 Å². The van der Waals surface area contributed by atoms with Crippen LogP contribution in [0.15, 0.2) is 18.2 Å². The number of rotatable bonds is 3. The van der Waals surface area contributed by atoms with Crippen LogP contribution in [0.4, 0.5) is 5.69 Å². The lowest BCUT2D eigenvalue weighted by Crippen LogP contribution is -2.49. The summed E-state index contributed by atoms with van der Waals surface area (Å²) >= 11 is 0. The van der Waals surface area contributed by atoms with Crippen molar-refractivity contribution in [2.45, 2.75) is 31.2 Å². The maximum Gasteiger partial charge on any atom is 0.235 e. The van der Waals surface area contributed by atoms with Crippen LogP contribution in [0.3, 0.4) is 0 Å². The molecule has 1 aromatic heterocycles. The minimum absolute atomic E-state index is 0.191. The molecule has 3 saturated heterocycles. The van der Waals surface area contributed by atoms with Gasteiger partial charge in [-0.2, -0.15) is 5.10 Å². The number of anilines is 1. The Morgan fingerprint density at radius 2 is 1.93 bits per heavy atom. The third-order valence-electron chi connectivity index (χ3n) is 6.61. The van der Waals surface area contributed by atoms with Gasteiger partial charge in [0.05, 0.1) is 22.8 Å². The summed E-state index contributed by atoms with van der Waals surface area (Å²) in [7, 11) is 1.95. The summed E-state index contributed by atoms with van der Waals surface area (Å²) in [5.74, 6) is -0.784. The second-order valence-corrected chi connectivity index (χ2v) is 8.36. The van der Waals surface area contributed by atoms with Crippen LogP contribution in [0, 0.1) is 0 Å². The van der Waals surface area contributed by atoms with Crippen LogP contribution in [-0.4, -0.2) is 71.8 Å². The van der Waals surface area contributed by atoms with Crippen LogP contribution < -0.4 is 15.5 Å². The molecule has 1 aromatic carbocycles. The molecule has 3 fully saturated rings. The number of imide groups is 1. The van der Waals surface area contributed by atoms with E-state index >= 15 is 0 Å². The van der Waals surface area contributed by atoms with Crippen LogP contribution in [0.2, 0.25) is 0 Å². The Kier molecular flexibility index (Phi) is 4.75. The first-order valence-electron chi connectivity index (χ1n) is 10.6. The molecule has 5 rings (SSSR count). The highest BCUT2D eigenvalue weighted by molar-refractivity contribution is 6.03. The number of amides is 2. The lowest BCUT2D eigenvalue weighted by molar-refractivity contribution is -0.134. The van der Waals surface area contributed by atoms with Crippen molar-refractivity contribution >= 4 is 28.4 Å². The molecule has 2 amide bonds. The van der Waals surface area contributed by atoms with Crippen molar-refractivity contribution in [3.8, 4) is 0 Å².